The Hall–Kier alpha value is -0.960. The van der Waals surface area contributed by atoms with E-state index in [1.54, 1.807) is 24.1 Å². The van der Waals surface area contributed by atoms with Crippen molar-refractivity contribution in [2.45, 2.75) is 12.5 Å². The standard InChI is InChI=1S/C9H17N5O2S/c1-12-4-3-8(6-12)11-14(17(15)16)9-5-10-13(2)7-9/h5,7-8,11H,3-4,6H2,1-2H3,(H,15,16)/t8-/m0/s1. The minimum atomic E-state index is -2.10. The van der Waals surface area contributed by atoms with Gasteiger partial charge in [0.2, 0.25) is 0 Å². The van der Waals surface area contributed by atoms with Crippen molar-refractivity contribution >= 4 is 17.0 Å². The molecule has 2 atom stereocenters. The smallest absolute Gasteiger partial charge is 0.276 e. The van der Waals surface area contributed by atoms with E-state index in [1.165, 1.54) is 4.41 Å². The molecule has 0 amide bonds. The lowest BCUT2D eigenvalue weighted by Crippen LogP contribution is -2.46. The topological polar surface area (TPSA) is 73.6 Å². The van der Waals surface area contributed by atoms with E-state index < -0.39 is 11.3 Å². The Balaban J connectivity index is 2.05. The maximum atomic E-state index is 11.3. The molecule has 1 aromatic rings. The van der Waals surface area contributed by atoms with Gasteiger partial charge in [0.1, 0.15) is 5.69 Å². The number of hydrogen-bond donors (Lipinski definition) is 2. The Labute approximate surface area is 103 Å². The first-order valence-corrected chi connectivity index (χ1v) is 6.47. The van der Waals surface area contributed by atoms with Crippen LogP contribution in [0.4, 0.5) is 5.69 Å². The highest BCUT2D eigenvalue weighted by Gasteiger charge is 2.24. The van der Waals surface area contributed by atoms with E-state index in [-0.39, 0.29) is 6.04 Å². The summed E-state index contributed by atoms with van der Waals surface area (Å²) in [6.45, 7) is 1.87. The number of nitrogens with one attached hydrogen (secondary N) is 1. The van der Waals surface area contributed by atoms with Crippen molar-refractivity contribution in [1.82, 2.24) is 20.1 Å². The van der Waals surface area contributed by atoms with Gasteiger partial charge in [-0.05, 0) is 20.0 Å². The molecule has 2 N–H and O–H groups in total. The lowest BCUT2D eigenvalue weighted by atomic mass is 10.3. The van der Waals surface area contributed by atoms with Gasteiger partial charge in [0, 0.05) is 19.6 Å². The number of aromatic nitrogens is 2. The fourth-order valence-electron chi connectivity index (χ4n) is 1.93. The third-order valence-electron chi connectivity index (χ3n) is 2.77. The molecule has 7 nitrogen and oxygen atoms in total. The Kier molecular flexibility index (Phi) is 3.77. The zero-order valence-electron chi connectivity index (χ0n) is 9.91. The molecule has 17 heavy (non-hydrogen) atoms. The van der Waals surface area contributed by atoms with E-state index in [2.05, 4.69) is 15.4 Å². The van der Waals surface area contributed by atoms with E-state index in [0.29, 0.717) is 5.69 Å². The van der Waals surface area contributed by atoms with Crippen molar-refractivity contribution < 1.29 is 8.76 Å². The third kappa shape index (κ3) is 3.03. The minimum Gasteiger partial charge on any atom is -0.305 e. The van der Waals surface area contributed by atoms with E-state index in [0.717, 1.165) is 19.5 Å². The van der Waals surface area contributed by atoms with Crippen LogP contribution in [0.2, 0.25) is 0 Å². The highest BCUT2D eigenvalue weighted by atomic mass is 32.2. The van der Waals surface area contributed by atoms with Crippen molar-refractivity contribution in [2.24, 2.45) is 7.05 Å². The summed E-state index contributed by atoms with van der Waals surface area (Å²) in [5.41, 5.74) is 3.65. The van der Waals surface area contributed by atoms with Crippen molar-refractivity contribution in [3.05, 3.63) is 12.4 Å². The van der Waals surface area contributed by atoms with Crippen LogP contribution in [-0.2, 0) is 18.3 Å². The number of aryl methyl sites for hydroxylation is 1. The van der Waals surface area contributed by atoms with Crippen LogP contribution in [0.25, 0.3) is 0 Å². The molecule has 1 aliphatic heterocycles. The molecule has 2 heterocycles. The predicted octanol–water partition coefficient (Wildman–Crippen LogP) is -0.428. The first kappa shape index (κ1) is 12.5. The molecule has 0 saturated carbocycles. The van der Waals surface area contributed by atoms with Gasteiger partial charge in [-0.15, -0.1) is 0 Å². The maximum absolute atomic E-state index is 11.3. The second-order valence-electron chi connectivity index (χ2n) is 4.27. The van der Waals surface area contributed by atoms with Gasteiger partial charge >= 0.3 is 0 Å². The zero-order chi connectivity index (χ0) is 12.4. The molecule has 0 aromatic carbocycles. The second-order valence-corrected chi connectivity index (χ2v) is 5.10. The lowest BCUT2D eigenvalue weighted by molar-refractivity contribution is 0.399. The van der Waals surface area contributed by atoms with Gasteiger partial charge in [0.15, 0.2) is 0 Å². The summed E-state index contributed by atoms with van der Waals surface area (Å²) in [6.07, 6.45) is 4.21. The second kappa shape index (κ2) is 5.13. The van der Waals surface area contributed by atoms with Gasteiger partial charge in [-0.25, -0.2) is 9.63 Å². The number of hydrogen-bond acceptors (Lipinski definition) is 4. The van der Waals surface area contributed by atoms with Crippen molar-refractivity contribution in [3.8, 4) is 0 Å². The Morgan fingerprint density at radius 1 is 1.65 bits per heavy atom. The van der Waals surface area contributed by atoms with Crippen molar-refractivity contribution in [1.29, 1.82) is 0 Å². The molecule has 0 spiro atoms. The van der Waals surface area contributed by atoms with Gasteiger partial charge in [-0.2, -0.15) is 9.51 Å². The molecular formula is C9H17N5O2S. The maximum Gasteiger partial charge on any atom is 0.276 e. The van der Waals surface area contributed by atoms with E-state index in [1.807, 2.05) is 7.05 Å². The van der Waals surface area contributed by atoms with E-state index in [9.17, 15) is 8.76 Å². The van der Waals surface area contributed by atoms with Crippen LogP contribution in [0.1, 0.15) is 6.42 Å². The van der Waals surface area contributed by atoms with E-state index >= 15 is 0 Å². The van der Waals surface area contributed by atoms with Gasteiger partial charge in [0.05, 0.1) is 12.4 Å². The molecule has 0 aliphatic carbocycles. The van der Waals surface area contributed by atoms with Gasteiger partial charge < -0.3 is 4.90 Å². The first-order valence-electron chi connectivity index (χ1n) is 5.40. The summed E-state index contributed by atoms with van der Waals surface area (Å²) in [5, 5.41) is 3.99. The molecule has 96 valence electrons. The molecule has 1 fully saturated rings. The van der Waals surface area contributed by atoms with Crippen LogP contribution >= 0.6 is 0 Å². The number of likely N-dealkylation sites (N-methyl/N-ethyl adjacent to an activating group) is 1. The Bertz CT molecular complexity index is 410. The summed E-state index contributed by atoms with van der Waals surface area (Å²) in [5.74, 6) is 0. The van der Waals surface area contributed by atoms with Crippen molar-refractivity contribution in [3.63, 3.8) is 0 Å². The van der Waals surface area contributed by atoms with Gasteiger partial charge in [-0.3, -0.25) is 9.23 Å². The fourth-order valence-corrected chi connectivity index (χ4v) is 2.44. The highest BCUT2D eigenvalue weighted by Crippen LogP contribution is 2.14. The van der Waals surface area contributed by atoms with Gasteiger partial charge in [-0.1, -0.05) is 0 Å². The molecule has 1 aliphatic rings. The third-order valence-corrected chi connectivity index (χ3v) is 3.40. The number of likely N-dealkylation sites (tertiary alicyclic amines) is 1. The molecule has 2 rings (SSSR count). The van der Waals surface area contributed by atoms with Crippen LogP contribution in [0.15, 0.2) is 12.4 Å². The lowest BCUT2D eigenvalue weighted by Gasteiger charge is -2.23. The number of hydrazine groups is 1. The van der Waals surface area contributed by atoms with Gasteiger partial charge in [0.25, 0.3) is 11.3 Å². The summed E-state index contributed by atoms with van der Waals surface area (Å²) >= 11 is -2.10. The number of nitrogens with zero attached hydrogens (tertiary/aromatic N) is 4. The van der Waals surface area contributed by atoms with Crippen LogP contribution in [0.3, 0.4) is 0 Å². The predicted molar refractivity (Wildman–Crippen MR) is 65.5 cm³/mol. The van der Waals surface area contributed by atoms with Crippen LogP contribution in [-0.4, -0.2) is 49.6 Å². The summed E-state index contributed by atoms with van der Waals surface area (Å²) < 4.78 is 23.4. The summed E-state index contributed by atoms with van der Waals surface area (Å²) in [6, 6.07) is 0.191. The molecule has 1 saturated heterocycles. The Morgan fingerprint density at radius 2 is 2.41 bits per heavy atom. The highest BCUT2D eigenvalue weighted by molar-refractivity contribution is 7.80. The molecule has 1 aromatic heterocycles. The zero-order valence-corrected chi connectivity index (χ0v) is 10.7. The fraction of sp³-hybridized carbons (Fsp3) is 0.667. The van der Waals surface area contributed by atoms with Crippen LogP contribution < -0.4 is 9.84 Å². The quantitative estimate of drug-likeness (QED) is 0.567. The van der Waals surface area contributed by atoms with Crippen LogP contribution in [0.5, 0.6) is 0 Å². The molecule has 0 radical (unpaired) electrons. The first-order chi connectivity index (χ1) is 8.06. The monoisotopic (exact) mass is 259 g/mol. The minimum absolute atomic E-state index is 0.191. The average molecular weight is 259 g/mol. The van der Waals surface area contributed by atoms with Crippen LogP contribution in [0, 0.1) is 0 Å². The number of anilines is 1. The molecule has 0 bridgehead atoms. The van der Waals surface area contributed by atoms with E-state index in [4.69, 9.17) is 0 Å². The molecule has 1 unspecified atom stereocenters. The normalized spacial score (nSPS) is 22.9. The largest absolute Gasteiger partial charge is 0.305 e. The average Bonchev–Trinajstić information content (AvgIpc) is 2.83. The molecular weight excluding hydrogens is 242 g/mol. The molecule has 8 heteroatoms. The number of rotatable bonds is 4. The van der Waals surface area contributed by atoms with Crippen molar-refractivity contribution in [2.75, 3.05) is 24.6 Å². The SMILES string of the molecule is CN1CC[C@H](NN(c2cnn(C)c2)S(=O)O)C1. The summed E-state index contributed by atoms with van der Waals surface area (Å²) in [4.78, 5) is 2.18. The Morgan fingerprint density at radius 3 is 2.88 bits per heavy atom. The summed E-state index contributed by atoms with van der Waals surface area (Å²) in [7, 11) is 3.80.